The summed E-state index contributed by atoms with van der Waals surface area (Å²) in [6.45, 7) is 4.91. The summed E-state index contributed by atoms with van der Waals surface area (Å²) in [5.74, 6) is 1.05. The van der Waals surface area contributed by atoms with Crippen LogP contribution in [0.15, 0.2) is 0 Å². The van der Waals surface area contributed by atoms with Crippen LogP contribution in [0.3, 0.4) is 0 Å². The molecule has 4 nitrogen and oxygen atoms in total. The Bertz CT molecular complexity index is 297. The number of carbonyl (C=O) groups excluding carboxylic acids is 2. The van der Waals surface area contributed by atoms with Crippen molar-refractivity contribution in [3.8, 4) is 0 Å². The van der Waals surface area contributed by atoms with E-state index in [1.165, 1.54) is 12.8 Å². The van der Waals surface area contributed by atoms with Crippen molar-refractivity contribution in [1.82, 2.24) is 10.2 Å². The zero-order chi connectivity index (χ0) is 11.7. The lowest BCUT2D eigenvalue weighted by molar-refractivity contribution is -0.147. The maximum atomic E-state index is 11.8. The highest BCUT2D eigenvalue weighted by Crippen LogP contribution is 2.33. The van der Waals surface area contributed by atoms with E-state index in [4.69, 9.17) is 0 Å². The van der Waals surface area contributed by atoms with Crippen LogP contribution in [0.4, 0.5) is 0 Å². The van der Waals surface area contributed by atoms with Gasteiger partial charge in [-0.1, -0.05) is 26.7 Å². The summed E-state index contributed by atoms with van der Waals surface area (Å²) < 4.78 is 0. The molecular formula is C12H20N2O2. The average molecular weight is 224 g/mol. The van der Waals surface area contributed by atoms with E-state index in [9.17, 15) is 9.59 Å². The molecule has 1 aliphatic carbocycles. The number of piperazine rings is 1. The van der Waals surface area contributed by atoms with Crippen LogP contribution in [0, 0.1) is 11.8 Å². The molecule has 1 atom stereocenters. The molecule has 0 bridgehead atoms. The fourth-order valence-electron chi connectivity index (χ4n) is 2.32. The summed E-state index contributed by atoms with van der Waals surface area (Å²) in [5, 5.41) is 2.67. The summed E-state index contributed by atoms with van der Waals surface area (Å²) >= 11 is 0. The number of hydrogen-bond donors (Lipinski definition) is 1. The van der Waals surface area contributed by atoms with E-state index in [1.807, 2.05) is 13.8 Å². The molecule has 2 rings (SSSR count). The van der Waals surface area contributed by atoms with Gasteiger partial charge >= 0.3 is 0 Å². The van der Waals surface area contributed by atoms with E-state index < -0.39 is 0 Å². The van der Waals surface area contributed by atoms with Crippen LogP contribution in [-0.4, -0.2) is 35.8 Å². The minimum Gasteiger partial charge on any atom is -0.345 e. The molecule has 4 heteroatoms. The van der Waals surface area contributed by atoms with Gasteiger partial charge in [-0.05, 0) is 18.3 Å². The first-order chi connectivity index (χ1) is 7.59. The first kappa shape index (κ1) is 11.4. The summed E-state index contributed by atoms with van der Waals surface area (Å²) in [6, 6.07) is -0.264. The Balaban J connectivity index is 2.01. The molecule has 1 N–H and O–H groups in total. The van der Waals surface area contributed by atoms with Crippen molar-refractivity contribution in [3.63, 3.8) is 0 Å². The van der Waals surface area contributed by atoms with Gasteiger partial charge in [0.15, 0.2) is 0 Å². The van der Waals surface area contributed by atoms with Crippen LogP contribution in [0.25, 0.3) is 0 Å². The molecule has 0 radical (unpaired) electrons. The van der Waals surface area contributed by atoms with Crippen LogP contribution in [0.1, 0.15) is 33.1 Å². The quantitative estimate of drug-likeness (QED) is 0.766. The minimum atomic E-state index is -0.264. The molecule has 2 fully saturated rings. The lowest BCUT2D eigenvalue weighted by atomic mass is 9.99. The van der Waals surface area contributed by atoms with Gasteiger partial charge in [-0.2, -0.15) is 0 Å². The second-order valence-corrected chi connectivity index (χ2v) is 5.23. The third-order valence-corrected chi connectivity index (χ3v) is 3.45. The Kier molecular flexibility index (Phi) is 3.17. The smallest absolute Gasteiger partial charge is 0.243 e. The molecule has 0 aromatic heterocycles. The summed E-state index contributed by atoms with van der Waals surface area (Å²) in [5.41, 5.74) is 0. The van der Waals surface area contributed by atoms with Gasteiger partial charge in [-0.3, -0.25) is 9.59 Å². The third kappa shape index (κ3) is 2.36. The van der Waals surface area contributed by atoms with Crippen molar-refractivity contribution in [2.75, 3.05) is 13.1 Å². The first-order valence-electron chi connectivity index (χ1n) is 6.16. The van der Waals surface area contributed by atoms with Crippen LogP contribution in [-0.2, 0) is 9.59 Å². The van der Waals surface area contributed by atoms with Crippen LogP contribution < -0.4 is 5.32 Å². The van der Waals surface area contributed by atoms with Gasteiger partial charge in [0.1, 0.15) is 6.04 Å². The van der Waals surface area contributed by atoms with Gasteiger partial charge in [-0.25, -0.2) is 0 Å². The zero-order valence-electron chi connectivity index (χ0n) is 10.0. The standard InChI is InChI=1S/C12H20N2O2/c1-8(2)11-12(16)13-7-10(15)14(11)6-5-9-3-4-9/h8-9,11H,3-7H2,1-2H3,(H,13,16). The number of carbonyl (C=O) groups is 2. The molecule has 2 aliphatic rings. The summed E-state index contributed by atoms with van der Waals surface area (Å²) in [6.07, 6.45) is 3.64. The molecule has 1 saturated heterocycles. The second-order valence-electron chi connectivity index (χ2n) is 5.23. The van der Waals surface area contributed by atoms with E-state index in [2.05, 4.69) is 5.32 Å². The van der Waals surface area contributed by atoms with Gasteiger partial charge < -0.3 is 10.2 Å². The average Bonchev–Trinajstić information content (AvgIpc) is 3.02. The molecule has 90 valence electrons. The Morgan fingerprint density at radius 3 is 2.62 bits per heavy atom. The molecule has 1 unspecified atom stereocenters. The molecular weight excluding hydrogens is 204 g/mol. The highest BCUT2D eigenvalue weighted by molar-refractivity contribution is 5.94. The number of rotatable bonds is 4. The van der Waals surface area contributed by atoms with Gasteiger partial charge in [-0.15, -0.1) is 0 Å². The molecule has 1 saturated carbocycles. The predicted molar refractivity (Wildman–Crippen MR) is 60.7 cm³/mol. The van der Waals surface area contributed by atoms with E-state index in [0.717, 1.165) is 18.9 Å². The minimum absolute atomic E-state index is 0.00500. The summed E-state index contributed by atoms with van der Waals surface area (Å²) in [4.78, 5) is 25.3. The Morgan fingerprint density at radius 1 is 1.38 bits per heavy atom. The fraction of sp³-hybridized carbons (Fsp3) is 0.833. The van der Waals surface area contributed by atoms with Gasteiger partial charge in [0.25, 0.3) is 0 Å². The Labute approximate surface area is 96.4 Å². The van der Waals surface area contributed by atoms with Crippen molar-refractivity contribution in [2.45, 2.75) is 39.2 Å². The van der Waals surface area contributed by atoms with E-state index in [1.54, 1.807) is 4.90 Å². The van der Waals surface area contributed by atoms with E-state index in [-0.39, 0.29) is 30.3 Å². The highest BCUT2D eigenvalue weighted by atomic mass is 16.2. The van der Waals surface area contributed by atoms with Crippen molar-refractivity contribution >= 4 is 11.8 Å². The van der Waals surface area contributed by atoms with Gasteiger partial charge in [0.2, 0.25) is 11.8 Å². The van der Waals surface area contributed by atoms with Crippen molar-refractivity contribution in [1.29, 1.82) is 0 Å². The lowest BCUT2D eigenvalue weighted by Crippen LogP contribution is -2.60. The molecule has 0 aromatic rings. The largest absolute Gasteiger partial charge is 0.345 e. The lowest BCUT2D eigenvalue weighted by Gasteiger charge is -2.37. The molecule has 2 amide bonds. The third-order valence-electron chi connectivity index (χ3n) is 3.45. The van der Waals surface area contributed by atoms with Gasteiger partial charge in [0, 0.05) is 6.54 Å². The maximum Gasteiger partial charge on any atom is 0.243 e. The SMILES string of the molecule is CC(C)C1C(=O)NCC(=O)N1CCC1CC1. The van der Waals surface area contributed by atoms with E-state index in [0.29, 0.717) is 0 Å². The van der Waals surface area contributed by atoms with Crippen LogP contribution >= 0.6 is 0 Å². The number of nitrogens with one attached hydrogen (secondary N) is 1. The fourth-order valence-corrected chi connectivity index (χ4v) is 2.32. The Hall–Kier alpha value is -1.06. The second kappa shape index (κ2) is 4.44. The van der Waals surface area contributed by atoms with Crippen LogP contribution in [0.2, 0.25) is 0 Å². The number of amides is 2. The van der Waals surface area contributed by atoms with E-state index >= 15 is 0 Å². The predicted octanol–water partition coefficient (Wildman–Crippen LogP) is 0.769. The highest BCUT2D eigenvalue weighted by Gasteiger charge is 2.37. The molecule has 1 aliphatic heterocycles. The Morgan fingerprint density at radius 2 is 2.06 bits per heavy atom. The molecule has 0 spiro atoms. The normalized spacial score (nSPS) is 26.2. The zero-order valence-corrected chi connectivity index (χ0v) is 10.0. The molecule has 1 heterocycles. The van der Waals surface area contributed by atoms with Crippen molar-refractivity contribution < 1.29 is 9.59 Å². The first-order valence-corrected chi connectivity index (χ1v) is 6.16. The number of hydrogen-bond acceptors (Lipinski definition) is 2. The topological polar surface area (TPSA) is 49.4 Å². The molecule has 16 heavy (non-hydrogen) atoms. The maximum absolute atomic E-state index is 11.8. The van der Waals surface area contributed by atoms with Crippen molar-refractivity contribution in [2.24, 2.45) is 11.8 Å². The van der Waals surface area contributed by atoms with Gasteiger partial charge in [0.05, 0.1) is 6.54 Å². The number of nitrogens with zero attached hydrogens (tertiary/aromatic N) is 1. The van der Waals surface area contributed by atoms with Crippen molar-refractivity contribution in [3.05, 3.63) is 0 Å². The van der Waals surface area contributed by atoms with Crippen LogP contribution in [0.5, 0.6) is 0 Å². The monoisotopic (exact) mass is 224 g/mol. The summed E-state index contributed by atoms with van der Waals surface area (Å²) in [7, 11) is 0. The molecule has 0 aromatic carbocycles.